The van der Waals surface area contributed by atoms with Gasteiger partial charge in [0.1, 0.15) is 13.2 Å². The molecule has 0 spiro atoms. The van der Waals surface area contributed by atoms with Crippen molar-refractivity contribution in [2.24, 2.45) is 0 Å². The van der Waals surface area contributed by atoms with Crippen LogP contribution in [0.1, 0.15) is 84.1 Å². The van der Waals surface area contributed by atoms with Crippen molar-refractivity contribution in [3.05, 3.63) is 35.9 Å². The predicted molar refractivity (Wildman–Crippen MR) is 146 cm³/mol. The number of aliphatic carboxylic acids is 1. The molecular weight excluding hydrogens is 504 g/mol. The fourth-order valence-electron chi connectivity index (χ4n) is 4.25. The zero-order chi connectivity index (χ0) is 28.4. The average molecular weight is 553 g/mol. The molecule has 0 saturated carbocycles. The molecule has 3 atom stereocenters. The Morgan fingerprint density at radius 3 is 2.46 bits per heavy atom. The molecule has 1 heterocycles. The number of unbranched alkanes of at least 4 members (excludes halogenated alkanes) is 2. The molecule has 0 amide bonds. The second kappa shape index (κ2) is 18.3. The minimum absolute atomic E-state index is 0.0588. The molecule has 2 rings (SSSR count). The van der Waals surface area contributed by atoms with E-state index in [0.29, 0.717) is 39.3 Å². The lowest BCUT2D eigenvalue weighted by Crippen LogP contribution is -2.45. The topological polar surface area (TPSA) is 110 Å². The van der Waals surface area contributed by atoms with E-state index in [1.807, 2.05) is 37.3 Å². The first-order valence-corrected chi connectivity index (χ1v) is 14.3. The molecule has 39 heavy (non-hydrogen) atoms. The molecule has 222 valence electrons. The molecular formula is C30H48O9. The van der Waals surface area contributed by atoms with E-state index < -0.39 is 23.3 Å². The van der Waals surface area contributed by atoms with Crippen LogP contribution in [-0.2, 0) is 44.6 Å². The first-order chi connectivity index (χ1) is 18.8. The summed E-state index contributed by atoms with van der Waals surface area (Å²) in [5.74, 6) is -2.33. The van der Waals surface area contributed by atoms with Crippen molar-refractivity contribution in [3.8, 4) is 0 Å². The zero-order valence-corrected chi connectivity index (χ0v) is 24.0. The molecule has 0 aliphatic carbocycles. The van der Waals surface area contributed by atoms with Crippen LogP contribution < -0.4 is 0 Å². The number of hydrogen-bond donors (Lipinski definition) is 1. The molecule has 0 aromatic heterocycles. The summed E-state index contributed by atoms with van der Waals surface area (Å²) in [5, 5.41) is 9.43. The number of ether oxygens (including phenoxy) is 6. The first kappa shape index (κ1) is 33.2. The number of rotatable bonds is 22. The summed E-state index contributed by atoms with van der Waals surface area (Å²) in [6.07, 6.45) is 5.84. The molecule has 1 aliphatic rings. The second-order valence-corrected chi connectivity index (χ2v) is 10.4. The lowest BCUT2D eigenvalue weighted by atomic mass is 9.94. The van der Waals surface area contributed by atoms with Gasteiger partial charge in [0.25, 0.3) is 0 Å². The van der Waals surface area contributed by atoms with Crippen molar-refractivity contribution in [1.29, 1.82) is 0 Å². The normalized spacial score (nSPS) is 20.5. The summed E-state index contributed by atoms with van der Waals surface area (Å²) in [7, 11) is 0. The number of carbonyl (C=O) groups excluding carboxylic acids is 1. The maximum Gasteiger partial charge on any atom is 0.332 e. The standard InChI is InChI=1S/C30H48O9/c1-4-6-18-34-20-17-30(16-14-27(31)32,37-23-28(33)36-21-25-11-9-8-10-12-25)24-38-29(3)15-13-26(39-29)22-35-19-7-5-2/h8-12,26H,4-7,13-24H2,1-3H3,(H,31,32)/t26-,29+,30?/m1/s1. The molecule has 0 radical (unpaired) electrons. The molecule has 1 fully saturated rings. The van der Waals surface area contributed by atoms with Crippen molar-refractivity contribution in [2.75, 3.05) is 39.6 Å². The highest BCUT2D eigenvalue weighted by atomic mass is 16.7. The van der Waals surface area contributed by atoms with Gasteiger partial charge < -0.3 is 33.5 Å². The number of hydrogen-bond acceptors (Lipinski definition) is 8. The Labute approximate surface area is 233 Å². The maximum atomic E-state index is 12.6. The largest absolute Gasteiger partial charge is 0.481 e. The fraction of sp³-hybridized carbons (Fsp3) is 0.733. The fourth-order valence-corrected chi connectivity index (χ4v) is 4.25. The molecule has 1 N–H and O–H groups in total. The summed E-state index contributed by atoms with van der Waals surface area (Å²) < 4.78 is 35.5. The van der Waals surface area contributed by atoms with Crippen molar-refractivity contribution in [2.45, 2.75) is 103 Å². The van der Waals surface area contributed by atoms with E-state index in [1.54, 1.807) is 0 Å². The number of carboxylic acid groups (broad SMARTS) is 1. The molecule has 1 aliphatic heterocycles. The van der Waals surface area contributed by atoms with Crippen LogP contribution >= 0.6 is 0 Å². The molecule has 1 saturated heterocycles. The van der Waals surface area contributed by atoms with Crippen LogP contribution in [0.25, 0.3) is 0 Å². The minimum Gasteiger partial charge on any atom is -0.481 e. The Morgan fingerprint density at radius 1 is 1.05 bits per heavy atom. The number of carbonyl (C=O) groups is 2. The molecule has 1 aromatic rings. The highest BCUT2D eigenvalue weighted by Gasteiger charge is 2.41. The van der Waals surface area contributed by atoms with Gasteiger partial charge in [-0.2, -0.15) is 0 Å². The molecule has 9 heteroatoms. The van der Waals surface area contributed by atoms with Crippen LogP contribution in [0.15, 0.2) is 30.3 Å². The number of carboxylic acids is 1. The van der Waals surface area contributed by atoms with Gasteiger partial charge in [-0.25, -0.2) is 4.79 Å². The monoisotopic (exact) mass is 552 g/mol. The Kier molecular flexibility index (Phi) is 15.6. The average Bonchev–Trinajstić information content (AvgIpc) is 3.32. The summed E-state index contributed by atoms with van der Waals surface area (Å²) in [6.45, 7) is 8.14. The lowest BCUT2D eigenvalue weighted by molar-refractivity contribution is -0.250. The van der Waals surface area contributed by atoms with E-state index in [9.17, 15) is 14.7 Å². The summed E-state index contributed by atoms with van der Waals surface area (Å²) in [4.78, 5) is 24.1. The van der Waals surface area contributed by atoms with E-state index >= 15 is 0 Å². The van der Waals surface area contributed by atoms with Crippen LogP contribution in [0, 0.1) is 0 Å². The van der Waals surface area contributed by atoms with Crippen LogP contribution in [0.4, 0.5) is 0 Å². The van der Waals surface area contributed by atoms with Crippen molar-refractivity contribution >= 4 is 11.9 Å². The first-order valence-electron chi connectivity index (χ1n) is 14.3. The van der Waals surface area contributed by atoms with Gasteiger partial charge in [-0.05, 0) is 38.2 Å². The van der Waals surface area contributed by atoms with Crippen LogP contribution in [0.5, 0.6) is 0 Å². The van der Waals surface area contributed by atoms with Gasteiger partial charge >= 0.3 is 11.9 Å². The van der Waals surface area contributed by atoms with E-state index in [2.05, 4.69) is 13.8 Å². The maximum absolute atomic E-state index is 12.6. The van der Waals surface area contributed by atoms with Crippen molar-refractivity contribution in [3.63, 3.8) is 0 Å². The summed E-state index contributed by atoms with van der Waals surface area (Å²) in [6, 6.07) is 9.39. The highest BCUT2D eigenvalue weighted by Crippen LogP contribution is 2.34. The van der Waals surface area contributed by atoms with Gasteiger partial charge in [0.2, 0.25) is 0 Å². The highest BCUT2D eigenvalue weighted by molar-refractivity contribution is 5.70. The van der Waals surface area contributed by atoms with Crippen molar-refractivity contribution in [1.82, 2.24) is 0 Å². The Bertz CT molecular complexity index is 818. The third-order valence-electron chi connectivity index (χ3n) is 6.80. The van der Waals surface area contributed by atoms with Crippen molar-refractivity contribution < 1.29 is 43.1 Å². The SMILES string of the molecule is CCCCOCCC(CCC(=O)O)(CO[C@]1(C)CC[C@H](COCCCC)O1)OCC(=O)OCc1ccccc1. The second-order valence-electron chi connectivity index (χ2n) is 10.4. The quantitative estimate of drug-likeness (QED) is 0.152. The van der Waals surface area contributed by atoms with Gasteiger partial charge in [-0.1, -0.05) is 57.0 Å². The molecule has 1 unspecified atom stereocenters. The number of benzene rings is 1. The third-order valence-corrected chi connectivity index (χ3v) is 6.80. The van der Waals surface area contributed by atoms with E-state index in [4.69, 9.17) is 28.4 Å². The van der Waals surface area contributed by atoms with Gasteiger partial charge in [-0.3, -0.25) is 4.79 Å². The smallest absolute Gasteiger partial charge is 0.332 e. The Balaban J connectivity index is 2.02. The minimum atomic E-state index is -1.06. The lowest BCUT2D eigenvalue weighted by Gasteiger charge is -2.36. The van der Waals surface area contributed by atoms with Gasteiger partial charge in [0.05, 0.1) is 24.9 Å². The Morgan fingerprint density at radius 2 is 1.77 bits per heavy atom. The predicted octanol–water partition coefficient (Wildman–Crippen LogP) is 5.29. The summed E-state index contributed by atoms with van der Waals surface area (Å²) >= 11 is 0. The van der Waals surface area contributed by atoms with Crippen LogP contribution in [0.2, 0.25) is 0 Å². The van der Waals surface area contributed by atoms with E-state index in [-0.39, 0.29) is 38.8 Å². The molecule has 0 bridgehead atoms. The third kappa shape index (κ3) is 13.7. The molecule has 1 aromatic carbocycles. The van der Waals surface area contributed by atoms with Gasteiger partial charge in [0.15, 0.2) is 5.79 Å². The van der Waals surface area contributed by atoms with E-state index in [1.165, 1.54) is 0 Å². The van der Waals surface area contributed by atoms with Gasteiger partial charge in [0, 0.05) is 39.1 Å². The van der Waals surface area contributed by atoms with E-state index in [0.717, 1.165) is 37.7 Å². The van der Waals surface area contributed by atoms with Crippen LogP contribution in [-0.4, -0.2) is 74.2 Å². The zero-order valence-electron chi connectivity index (χ0n) is 24.0. The van der Waals surface area contributed by atoms with Crippen LogP contribution in [0.3, 0.4) is 0 Å². The molecule has 9 nitrogen and oxygen atoms in total. The number of esters is 1. The van der Waals surface area contributed by atoms with Gasteiger partial charge in [-0.15, -0.1) is 0 Å². The summed E-state index contributed by atoms with van der Waals surface area (Å²) in [5.41, 5.74) is -0.187. The Hall–Kier alpha value is -2.04.